The van der Waals surface area contributed by atoms with Crippen LogP contribution >= 0.6 is 11.6 Å². The number of rotatable bonds is 5. The van der Waals surface area contributed by atoms with Gasteiger partial charge in [0.25, 0.3) is 0 Å². The van der Waals surface area contributed by atoms with Crippen LogP contribution in [0.2, 0.25) is 5.02 Å². The smallest absolute Gasteiger partial charge is 0.321 e. The average Bonchev–Trinajstić information content (AvgIpc) is 3.39. The summed E-state index contributed by atoms with van der Waals surface area (Å²) in [5.41, 5.74) is 0. The number of piperazine rings is 1. The molecule has 0 spiro atoms. The van der Waals surface area contributed by atoms with E-state index in [9.17, 15) is 18.0 Å². The number of hydrogen-bond donors (Lipinski definition) is 2. The molecule has 8 nitrogen and oxygen atoms in total. The van der Waals surface area contributed by atoms with Gasteiger partial charge in [0, 0.05) is 37.2 Å². The fraction of sp³-hybridized carbons (Fsp3) is 0.500. The topological polar surface area (TPSA) is 98.8 Å². The summed E-state index contributed by atoms with van der Waals surface area (Å²) in [6.45, 7) is 1.47. The minimum absolute atomic E-state index is 0.0624. The molecule has 1 saturated heterocycles. The minimum Gasteiger partial charge on any atom is -0.335 e. The zero-order chi connectivity index (χ0) is 18.7. The van der Waals surface area contributed by atoms with Crippen molar-refractivity contribution in [2.45, 2.75) is 23.8 Å². The molecule has 2 N–H and O–H groups in total. The lowest BCUT2D eigenvalue weighted by Crippen LogP contribution is -2.52. The van der Waals surface area contributed by atoms with Crippen LogP contribution in [0.3, 0.4) is 0 Å². The number of sulfonamides is 1. The van der Waals surface area contributed by atoms with Crippen LogP contribution in [0.15, 0.2) is 29.2 Å². The maximum absolute atomic E-state index is 12.6. The van der Waals surface area contributed by atoms with Crippen LogP contribution in [-0.2, 0) is 14.8 Å². The van der Waals surface area contributed by atoms with Gasteiger partial charge in [0.2, 0.25) is 15.9 Å². The Kier molecular flexibility index (Phi) is 5.81. The molecule has 0 radical (unpaired) electrons. The van der Waals surface area contributed by atoms with E-state index in [4.69, 9.17) is 11.6 Å². The molecule has 3 rings (SSSR count). The monoisotopic (exact) mass is 400 g/mol. The van der Waals surface area contributed by atoms with Gasteiger partial charge in [-0.25, -0.2) is 13.2 Å². The van der Waals surface area contributed by atoms with E-state index in [1.54, 1.807) is 12.1 Å². The summed E-state index contributed by atoms with van der Waals surface area (Å²) >= 11 is 5.80. The second-order valence-corrected chi connectivity index (χ2v) is 8.80. The Bertz CT molecular complexity index is 772. The summed E-state index contributed by atoms with van der Waals surface area (Å²) in [6.07, 6.45) is 1.90. The van der Waals surface area contributed by atoms with Crippen LogP contribution in [0.5, 0.6) is 0 Å². The Balaban J connectivity index is 1.48. The first kappa shape index (κ1) is 19.1. The van der Waals surface area contributed by atoms with Crippen molar-refractivity contribution in [1.29, 1.82) is 0 Å². The number of urea groups is 1. The predicted molar refractivity (Wildman–Crippen MR) is 96.3 cm³/mol. The van der Waals surface area contributed by atoms with Crippen LogP contribution in [0, 0.1) is 0 Å². The Labute approximate surface area is 157 Å². The van der Waals surface area contributed by atoms with Gasteiger partial charge in [-0.2, -0.15) is 4.31 Å². The summed E-state index contributed by atoms with van der Waals surface area (Å²) in [4.78, 5) is 25.5. The summed E-state index contributed by atoms with van der Waals surface area (Å²) in [5.74, 6) is -0.392. The van der Waals surface area contributed by atoms with Crippen molar-refractivity contribution in [2.24, 2.45) is 0 Å². The molecule has 142 valence electrons. The fourth-order valence-corrected chi connectivity index (χ4v) is 4.25. The molecular weight excluding hydrogens is 380 g/mol. The maximum Gasteiger partial charge on any atom is 0.321 e. The molecule has 1 aliphatic heterocycles. The second-order valence-electron chi connectivity index (χ2n) is 6.43. The molecule has 26 heavy (non-hydrogen) atoms. The largest absolute Gasteiger partial charge is 0.335 e. The molecule has 3 amide bonds. The number of imide groups is 1. The maximum atomic E-state index is 12.6. The van der Waals surface area contributed by atoms with Gasteiger partial charge < -0.3 is 5.32 Å². The van der Waals surface area contributed by atoms with E-state index in [-0.39, 0.29) is 30.6 Å². The van der Waals surface area contributed by atoms with Crippen LogP contribution in [0.25, 0.3) is 0 Å². The van der Waals surface area contributed by atoms with Crippen molar-refractivity contribution in [3.8, 4) is 0 Å². The van der Waals surface area contributed by atoms with Gasteiger partial charge in [-0.15, -0.1) is 0 Å². The highest BCUT2D eigenvalue weighted by molar-refractivity contribution is 7.89. The normalized spacial score (nSPS) is 19.1. The molecule has 0 unspecified atom stereocenters. The van der Waals surface area contributed by atoms with Gasteiger partial charge in [-0.05, 0) is 37.1 Å². The standard InChI is InChI=1S/C16H21ClN4O4S/c17-12-1-5-14(6-2-12)26(24,25)21-9-7-20(8-10-21)11-15(22)19-16(23)18-13-3-4-13/h1-2,5-6,13H,3-4,7-11H2,(H2,18,19,22,23). The first-order chi connectivity index (χ1) is 12.3. The highest BCUT2D eigenvalue weighted by atomic mass is 35.5. The highest BCUT2D eigenvalue weighted by Crippen LogP contribution is 2.20. The third-order valence-corrected chi connectivity index (χ3v) is 6.48. The molecule has 10 heteroatoms. The fourth-order valence-electron chi connectivity index (χ4n) is 2.70. The van der Waals surface area contributed by atoms with Gasteiger partial charge >= 0.3 is 6.03 Å². The van der Waals surface area contributed by atoms with Crippen LogP contribution < -0.4 is 10.6 Å². The lowest BCUT2D eigenvalue weighted by molar-refractivity contribution is -0.121. The molecule has 0 aromatic heterocycles. The molecule has 1 aliphatic carbocycles. The number of amides is 3. The van der Waals surface area contributed by atoms with Gasteiger partial charge in [0.05, 0.1) is 11.4 Å². The Morgan fingerprint density at radius 1 is 1.08 bits per heavy atom. The number of nitrogens with zero attached hydrogens (tertiary/aromatic N) is 2. The van der Waals surface area contributed by atoms with E-state index >= 15 is 0 Å². The van der Waals surface area contributed by atoms with E-state index in [2.05, 4.69) is 10.6 Å². The number of benzene rings is 1. The highest BCUT2D eigenvalue weighted by Gasteiger charge is 2.29. The summed E-state index contributed by atoms with van der Waals surface area (Å²) in [7, 11) is -3.57. The van der Waals surface area contributed by atoms with Gasteiger partial charge in [-0.3, -0.25) is 15.0 Å². The van der Waals surface area contributed by atoms with Gasteiger partial charge in [0.1, 0.15) is 0 Å². The lowest BCUT2D eigenvalue weighted by atomic mass is 10.3. The predicted octanol–water partition coefficient (Wildman–Crippen LogP) is 0.634. The molecule has 2 fully saturated rings. The molecule has 1 saturated carbocycles. The van der Waals surface area contributed by atoms with Crippen molar-refractivity contribution in [3.05, 3.63) is 29.3 Å². The zero-order valence-electron chi connectivity index (χ0n) is 14.2. The molecular formula is C16H21ClN4O4S. The van der Waals surface area contributed by atoms with Crippen molar-refractivity contribution in [1.82, 2.24) is 19.8 Å². The first-order valence-electron chi connectivity index (χ1n) is 8.43. The molecule has 0 bridgehead atoms. The minimum atomic E-state index is -3.57. The van der Waals surface area contributed by atoms with Crippen molar-refractivity contribution < 1.29 is 18.0 Å². The first-order valence-corrected chi connectivity index (χ1v) is 10.2. The van der Waals surface area contributed by atoms with Crippen molar-refractivity contribution in [2.75, 3.05) is 32.7 Å². The second kappa shape index (κ2) is 7.91. The summed E-state index contributed by atoms with van der Waals surface area (Å²) in [5, 5.41) is 5.46. The number of nitrogens with one attached hydrogen (secondary N) is 2. The third kappa shape index (κ3) is 4.94. The van der Waals surface area contributed by atoms with E-state index in [0.717, 1.165) is 12.8 Å². The van der Waals surface area contributed by atoms with Gasteiger partial charge in [0.15, 0.2) is 0 Å². The Morgan fingerprint density at radius 2 is 1.69 bits per heavy atom. The van der Waals surface area contributed by atoms with Crippen LogP contribution in [-0.4, -0.2) is 68.3 Å². The number of hydrogen-bond acceptors (Lipinski definition) is 5. The number of carbonyl (C=O) groups excluding carboxylic acids is 2. The zero-order valence-corrected chi connectivity index (χ0v) is 15.7. The van der Waals surface area contributed by atoms with Gasteiger partial charge in [-0.1, -0.05) is 11.6 Å². The Hall–Kier alpha value is -1.68. The average molecular weight is 401 g/mol. The third-order valence-electron chi connectivity index (χ3n) is 4.32. The van der Waals surface area contributed by atoms with Crippen LogP contribution in [0.4, 0.5) is 4.79 Å². The van der Waals surface area contributed by atoms with E-state index in [1.807, 2.05) is 4.90 Å². The Morgan fingerprint density at radius 3 is 2.27 bits per heavy atom. The molecule has 1 aromatic carbocycles. The van der Waals surface area contributed by atoms with Crippen molar-refractivity contribution >= 4 is 33.6 Å². The van der Waals surface area contributed by atoms with Crippen molar-refractivity contribution in [3.63, 3.8) is 0 Å². The quantitative estimate of drug-likeness (QED) is 0.755. The molecule has 0 atom stereocenters. The molecule has 1 heterocycles. The van der Waals surface area contributed by atoms with E-state index in [0.29, 0.717) is 18.1 Å². The van der Waals surface area contributed by atoms with E-state index in [1.165, 1.54) is 16.4 Å². The number of carbonyl (C=O) groups is 2. The summed E-state index contributed by atoms with van der Waals surface area (Å²) < 4.78 is 26.6. The summed E-state index contributed by atoms with van der Waals surface area (Å²) in [6, 6.07) is 5.76. The number of halogens is 1. The van der Waals surface area contributed by atoms with E-state index < -0.39 is 22.0 Å². The lowest BCUT2D eigenvalue weighted by Gasteiger charge is -2.33. The SMILES string of the molecule is O=C(CN1CCN(S(=O)(=O)c2ccc(Cl)cc2)CC1)NC(=O)NC1CC1. The molecule has 1 aromatic rings. The van der Waals surface area contributed by atoms with Crippen LogP contribution in [0.1, 0.15) is 12.8 Å². The molecule has 2 aliphatic rings.